The zero-order chi connectivity index (χ0) is 24.5. The van der Waals surface area contributed by atoms with Crippen LogP contribution in [0.15, 0.2) is 36.4 Å². The Bertz CT molecular complexity index is 1080. The quantitative estimate of drug-likeness (QED) is 0.539. The molecule has 1 aromatic heterocycles. The second kappa shape index (κ2) is 9.74. The predicted molar refractivity (Wildman–Crippen MR) is 133 cm³/mol. The Morgan fingerprint density at radius 3 is 2.50 bits per heavy atom. The van der Waals surface area contributed by atoms with E-state index < -0.39 is 9.75 Å². The van der Waals surface area contributed by atoms with E-state index in [1.54, 1.807) is 0 Å². The number of pyridine rings is 1. The van der Waals surface area contributed by atoms with Gasteiger partial charge in [0, 0.05) is 36.8 Å². The Balaban J connectivity index is 1.44. The number of ether oxygens (including phenoxy) is 1. The van der Waals surface area contributed by atoms with E-state index in [0.29, 0.717) is 38.2 Å². The Hall–Kier alpha value is -2.31. The van der Waals surface area contributed by atoms with E-state index in [-0.39, 0.29) is 17.7 Å². The molecule has 1 N–H and O–H groups in total. The fourth-order valence-electron chi connectivity index (χ4n) is 4.63. The van der Waals surface area contributed by atoms with Gasteiger partial charge in [0.2, 0.25) is 5.91 Å². The van der Waals surface area contributed by atoms with E-state index in [4.69, 9.17) is 32.9 Å². The maximum atomic E-state index is 13.2. The molecule has 1 saturated carbocycles. The molecule has 2 amide bonds. The molecule has 6 nitrogen and oxygen atoms in total. The summed E-state index contributed by atoms with van der Waals surface area (Å²) >= 11 is 12.4. The molecule has 0 radical (unpaired) electrons. The number of aromatic nitrogens is 1. The first-order valence-electron chi connectivity index (χ1n) is 11.8. The summed E-state index contributed by atoms with van der Waals surface area (Å²) in [5, 5.41) is 3.02. The normalized spacial score (nSPS) is 21.7. The van der Waals surface area contributed by atoms with Gasteiger partial charge < -0.3 is 15.0 Å². The van der Waals surface area contributed by atoms with E-state index in [0.717, 1.165) is 35.5 Å². The molecule has 1 aliphatic carbocycles. The van der Waals surface area contributed by atoms with Crippen molar-refractivity contribution in [2.45, 2.75) is 56.8 Å². The number of nitrogens with zero attached hydrogens (tertiary/aromatic N) is 2. The molecule has 1 aliphatic heterocycles. The molecular formula is C26H31Cl2N3O3. The van der Waals surface area contributed by atoms with Crippen LogP contribution >= 0.6 is 23.2 Å². The van der Waals surface area contributed by atoms with E-state index in [1.165, 1.54) is 0 Å². The number of nitrogens with one attached hydrogen (secondary N) is 1. The first kappa shape index (κ1) is 24.8. The van der Waals surface area contributed by atoms with Crippen molar-refractivity contribution in [1.29, 1.82) is 0 Å². The van der Waals surface area contributed by atoms with Crippen LogP contribution < -0.4 is 10.1 Å². The van der Waals surface area contributed by atoms with Crippen LogP contribution in [0.4, 0.5) is 0 Å². The van der Waals surface area contributed by atoms with Gasteiger partial charge in [-0.25, -0.2) is 0 Å². The largest absolute Gasteiger partial charge is 0.494 e. The minimum absolute atomic E-state index is 0.0130. The second-order valence-electron chi connectivity index (χ2n) is 9.39. The van der Waals surface area contributed by atoms with Gasteiger partial charge in [0.15, 0.2) is 0 Å². The van der Waals surface area contributed by atoms with Crippen molar-refractivity contribution in [3.05, 3.63) is 58.9 Å². The van der Waals surface area contributed by atoms with E-state index >= 15 is 0 Å². The van der Waals surface area contributed by atoms with Crippen LogP contribution in [-0.2, 0) is 11.3 Å². The average Bonchev–Trinajstić information content (AvgIpc) is 3.36. The van der Waals surface area contributed by atoms with Gasteiger partial charge in [0.05, 0.1) is 23.3 Å². The number of rotatable bonds is 7. The fraction of sp³-hybridized carbons (Fsp3) is 0.500. The van der Waals surface area contributed by atoms with Crippen molar-refractivity contribution in [3.8, 4) is 5.75 Å². The number of halogens is 2. The van der Waals surface area contributed by atoms with Crippen LogP contribution in [0.2, 0.25) is 0 Å². The number of hydrogen-bond acceptors (Lipinski definition) is 4. The highest BCUT2D eigenvalue weighted by Gasteiger charge is 2.68. The lowest BCUT2D eigenvalue weighted by Gasteiger charge is -2.34. The van der Waals surface area contributed by atoms with Crippen LogP contribution in [0.1, 0.15) is 66.3 Å². The number of hydrogen-bond donors (Lipinski definition) is 1. The molecule has 34 heavy (non-hydrogen) atoms. The summed E-state index contributed by atoms with van der Waals surface area (Å²) < 4.78 is 4.70. The van der Waals surface area contributed by atoms with Crippen molar-refractivity contribution in [2.24, 2.45) is 5.41 Å². The Morgan fingerprint density at radius 1 is 1.18 bits per heavy atom. The molecule has 0 spiro atoms. The highest BCUT2D eigenvalue weighted by atomic mass is 35.5. The SMILES string of the molecule is CCOc1ccccc1CNC(=O)c1ccc(C)nc1C1CCN(C(=O)C2(C)CC2(Cl)Cl)CC1. The van der Waals surface area contributed by atoms with Crippen LogP contribution in [0, 0.1) is 12.3 Å². The van der Waals surface area contributed by atoms with Gasteiger partial charge in [-0.15, -0.1) is 23.2 Å². The van der Waals surface area contributed by atoms with Gasteiger partial charge in [0.1, 0.15) is 10.1 Å². The highest BCUT2D eigenvalue weighted by molar-refractivity contribution is 6.53. The number of aryl methyl sites for hydroxylation is 1. The Morgan fingerprint density at radius 2 is 1.85 bits per heavy atom. The van der Waals surface area contributed by atoms with Gasteiger partial charge in [0.25, 0.3) is 5.91 Å². The minimum atomic E-state index is -0.967. The molecule has 2 aliphatic rings. The average molecular weight is 504 g/mol. The lowest BCUT2D eigenvalue weighted by Crippen LogP contribution is -2.43. The van der Waals surface area contributed by atoms with Crippen LogP contribution in [0.3, 0.4) is 0 Å². The van der Waals surface area contributed by atoms with Gasteiger partial charge in [-0.1, -0.05) is 18.2 Å². The molecule has 2 heterocycles. The van der Waals surface area contributed by atoms with Crippen molar-refractivity contribution in [3.63, 3.8) is 0 Å². The zero-order valence-electron chi connectivity index (χ0n) is 19.9. The smallest absolute Gasteiger partial charge is 0.253 e. The number of amides is 2. The van der Waals surface area contributed by atoms with Crippen molar-refractivity contribution in [2.75, 3.05) is 19.7 Å². The third kappa shape index (κ3) is 4.89. The third-order valence-electron chi connectivity index (χ3n) is 6.92. The Kier molecular flexibility index (Phi) is 7.11. The van der Waals surface area contributed by atoms with E-state index in [9.17, 15) is 9.59 Å². The zero-order valence-corrected chi connectivity index (χ0v) is 21.4. The molecular weight excluding hydrogens is 473 g/mol. The van der Waals surface area contributed by atoms with Gasteiger partial charge in [-0.2, -0.15) is 0 Å². The molecule has 1 saturated heterocycles. The maximum absolute atomic E-state index is 13.2. The first-order chi connectivity index (χ1) is 16.2. The molecule has 1 atom stereocenters. The number of likely N-dealkylation sites (tertiary alicyclic amines) is 1. The van der Waals surface area contributed by atoms with Gasteiger partial charge in [-0.05, 0) is 58.2 Å². The topological polar surface area (TPSA) is 71.5 Å². The summed E-state index contributed by atoms with van der Waals surface area (Å²) in [6.45, 7) is 7.82. The predicted octanol–water partition coefficient (Wildman–Crippen LogP) is 5.01. The van der Waals surface area contributed by atoms with Crippen molar-refractivity contribution in [1.82, 2.24) is 15.2 Å². The highest BCUT2D eigenvalue weighted by Crippen LogP contribution is 2.64. The van der Waals surface area contributed by atoms with Crippen LogP contribution in [-0.4, -0.2) is 45.7 Å². The summed E-state index contributed by atoms with van der Waals surface area (Å²) in [7, 11) is 0. The monoisotopic (exact) mass is 503 g/mol. The maximum Gasteiger partial charge on any atom is 0.253 e. The van der Waals surface area contributed by atoms with Crippen LogP contribution in [0.25, 0.3) is 0 Å². The molecule has 1 unspecified atom stereocenters. The lowest BCUT2D eigenvalue weighted by atomic mass is 9.89. The fourth-order valence-corrected chi connectivity index (χ4v) is 5.33. The Labute approximate surface area is 211 Å². The molecule has 2 fully saturated rings. The second-order valence-corrected chi connectivity index (χ2v) is 10.9. The third-order valence-corrected chi connectivity index (χ3v) is 8.02. The molecule has 8 heteroatoms. The molecule has 182 valence electrons. The standard InChI is InChI=1S/C26H31Cl2N3O3/c1-4-34-21-8-6-5-7-19(21)15-29-23(32)20-10-9-17(2)30-22(20)18-11-13-31(14-12-18)24(33)25(3)16-26(25,27)28/h5-10,18H,4,11-16H2,1-3H3,(H,29,32). The minimum Gasteiger partial charge on any atom is -0.494 e. The van der Waals surface area contributed by atoms with Crippen LogP contribution in [0.5, 0.6) is 5.75 Å². The van der Waals surface area contributed by atoms with Gasteiger partial charge >= 0.3 is 0 Å². The molecule has 0 bridgehead atoms. The lowest BCUT2D eigenvalue weighted by molar-refractivity contribution is -0.137. The number of piperidine rings is 1. The number of alkyl halides is 2. The summed E-state index contributed by atoms with van der Waals surface area (Å²) in [5.41, 5.74) is 2.47. The number of carbonyl (C=O) groups is 2. The first-order valence-corrected chi connectivity index (χ1v) is 12.6. The van der Waals surface area contributed by atoms with Crippen molar-refractivity contribution >= 4 is 35.0 Å². The van der Waals surface area contributed by atoms with Crippen molar-refractivity contribution < 1.29 is 14.3 Å². The molecule has 1 aromatic carbocycles. The molecule has 4 rings (SSSR count). The number of para-hydroxylation sites is 1. The number of benzene rings is 1. The number of carbonyl (C=O) groups excluding carboxylic acids is 2. The van der Waals surface area contributed by atoms with Gasteiger partial charge in [-0.3, -0.25) is 14.6 Å². The molecule has 2 aromatic rings. The van der Waals surface area contributed by atoms with E-state index in [1.807, 2.05) is 62.1 Å². The summed E-state index contributed by atoms with van der Waals surface area (Å²) in [4.78, 5) is 32.7. The van der Waals surface area contributed by atoms with E-state index in [2.05, 4.69) is 5.32 Å². The summed E-state index contributed by atoms with van der Waals surface area (Å²) in [6, 6.07) is 11.4. The summed E-state index contributed by atoms with van der Waals surface area (Å²) in [6.07, 6.45) is 1.96. The summed E-state index contributed by atoms with van der Waals surface area (Å²) in [5.74, 6) is 0.724.